The largest absolute Gasteiger partial charge is 0.383 e. The topological polar surface area (TPSA) is 34.1 Å². The molecule has 1 aromatic heterocycles. The smallest absolute Gasteiger partial charge is 0.0619 e. The Balaban J connectivity index is 2.46. The number of pyridine rings is 1. The molecule has 1 unspecified atom stereocenters. The molecule has 0 aliphatic rings. The van der Waals surface area contributed by atoms with Crippen LogP contribution in [0.5, 0.6) is 0 Å². The summed E-state index contributed by atoms with van der Waals surface area (Å²) < 4.78 is 5.15. The monoisotopic (exact) mass is 194 g/mol. The summed E-state index contributed by atoms with van der Waals surface area (Å²) in [4.78, 5) is 3.99. The molecule has 0 aromatic carbocycles. The number of rotatable bonds is 6. The number of methoxy groups -OCH3 is 1. The molecule has 0 aliphatic heterocycles. The first kappa shape index (κ1) is 11.1. The molecule has 0 amide bonds. The SMILES string of the molecule is CCNC(COC)Cc1ccncc1. The molecule has 1 aromatic rings. The van der Waals surface area contributed by atoms with Gasteiger partial charge in [0.15, 0.2) is 0 Å². The Labute approximate surface area is 85.5 Å². The van der Waals surface area contributed by atoms with Gasteiger partial charge in [-0.2, -0.15) is 0 Å². The summed E-state index contributed by atoms with van der Waals surface area (Å²) in [6, 6.07) is 4.48. The lowest BCUT2D eigenvalue weighted by Crippen LogP contribution is -2.34. The van der Waals surface area contributed by atoms with Crippen molar-refractivity contribution in [1.29, 1.82) is 0 Å². The molecule has 3 heteroatoms. The maximum Gasteiger partial charge on any atom is 0.0619 e. The van der Waals surface area contributed by atoms with E-state index in [1.54, 1.807) is 7.11 Å². The van der Waals surface area contributed by atoms with E-state index in [0.717, 1.165) is 19.6 Å². The Hall–Kier alpha value is -0.930. The number of ether oxygens (including phenoxy) is 1. The molecular weight excluding hydrogens is 176 g/mol. The van der Waals surface area contributed by atoms with Crippen molar-refractivity contribution in [3.8, 4) is 0 Å². The minimum atomic E-state index is 0.396. The predicted octanol–water partition coefficient (Wildman–Crippen LogP) is 1.25. The van der Waals surface area contributed by atoms with Crippen LogP contribution in [0.4, 0.5) is 0 Å². The first-order valence-electron chi connectivity index (χ1n) is 4.98. The van der Waals surface area contributed by atoms with Crippen molar-refractivity contribution in [2.45, 2.75) is 19.4 Å². The number of likely N-dealkylation sites (N-methyl/N-ethyl adjacent to an activating group) is 1. The predicted molar refractivity (Wildman–Crippen MR) is 57.3 cm³/mol. The summed E-state index contributed by atoms with van der Waals surface area (Å²) in [5, 5.41) is 3.39. The molecule has 0 aliphatic carbocycles. The molecule has 1 atom stereocenters. The summed E-state index contributed by atoms with van der Waals surface area (Å²) in [5.74, 6) is 0. The molecule has 1 rings (SSSR count). The maximum atomic E-state index is 5.15. The molecule has 0 fully saturated rings. The molecule has 14 heavy (non-hydrogen) atoms. The van der Waals surface area contributed by atoms with Crippen molar-refractivity contribution in [3.05, 3.63) is 30.1 Å². The number of hydrogen-bond donors (Lipinski definition) is 1. The van der Waals surface area contributed by atoms with Gasteiger partial charge in [0.1, 0.15) is 0 Å². The molecule has 0 spiro atoms. The summed E-state index contributed by atoms with van der Waals surface area (Å²) in [5.41, 5.74) is 1.29. The van der Waals surface area contributed by atoms with Crippen LogP contribution in [0.2, 0.25) is 0 Å². The molecule has 3 nitrogen and oxygen atoms in total. The van der Waals surface area contributed by atoms with Gasteiger partial charge in [-0.05, 0) is 30.7 Å². The minimum absolute atomic E-state index is 0.396. The first-order valence-corrected chi connectivity index (χ1v) is 4.98. The second-order valence-electron chi connectivity index (χ2n) is 3.27. The van der Waals surface area contributed by atoms with Gasteiger partial charge in [-0.1, -0.05) is 6.92 Å². The Kier molecular flexibility index (Phi) is 5.19. The van der Waals surface area contributed by atoms with Gasteiger partial charge in [0, 0.05) is 25.5 Å². The fraction of sp³-hybridized carbons (Fsp3) is 0.545. The fourth-order valence-electron chi connectivity index (χ4n) is 1.48. The fourth-order valence-corrected chi connectivity index (χ4v) is 1.48. The minimum Gasteiger partial charge on any atom is -0.383 e. The zero-order chi connectivity index (χ0) is 10.2. The average molecular weight is 194 g/mol. The first-order chi connectivity index (χ1) is 6.86. The Morgan fingerprint density at radius 3 is 2.71 bits per heavy atom. The van der Waals surface area contributed by atoms with E-state index in [0.29, 0.717) is 6.04 Å². The average Bonchev–Trinajstić information content (AvgIpc) is 2.20. The zero-order valence-corrected chi connectivity index (χ0v) is 8.86. The third kappa shape index (κ3) is 3.85. The molecular formula is C11H18N2O. The maximum absolute atomic E-state index is 5.15. The molecule has 1 heterocycles. The summed E-state index contributed by atoms with van der Waals surface area (Å²) >= 11 is 0. The van der Waals surface area contributed by atoms with E-state index in [2.05, 4.69) is 17.2 Å². The van der Waals surface area contributed by atoms with Crippen molar-refractivity contribution in [3.63, 3.8) is 0 Å². The van der Waals surface area contributed by atoms with Gasteiger partial charge in [0.05, 0.1) is 6.61 Å². The van der Waals surface area contributed by atoms with E-state index >= 15 is 0 Å². The normalized spacial score (nSPS) is 12.7. The number of nitrogens with zero attached hydrogens (tertiary/aromatic N) is 1. The lowest BCUT2D eigenvalue weighted by atomic mass is 10.1. The van der Waals surface area contributed by atoms with Crippen LogP contribution in [0.15, 0.2) is 24.5 Å². The van der Waals surface area contributed by atoms with Crippen molar-refractivity contribution in [2.24, 2.45) is 0 Å². The number of nitrogens with one attached hydrogen (secondary N) is 1. The van der Waals surface area contributed by atoms with Crippen molar-refractivity contribution < 1.29 is 4.74 Å². The molecule has 78 valence electrons. The second kappa shape index (κ2) is 6.51. The quantitative estimate of drug-likeness (QED) is 0.740. The zero-order valence-electron chi connectivity index (χ0n) is 8.86. The molecule has 0 saturated heterocycles. The Bertz CT molecular complexity index is 232. The van der Waals surface area contributed by atoms with Crippen LogP contribution in [0.3, 0.4) is 0 Å². The van der Waals surface area contributed by atoms with E-state index in [9.17, 15) is 0 Å². The van der Waals surface area contributed by atoms with Crippen LogP contribution in [-0.4, -0.2) is 31.3 Å². The number of aromatic nitrogens is 1. The Morgan fingerprint density at radius 2 is 2.14 bits per heavy atom. The van der Waals surface area contributed by atoms with Gasteiger partial charge in [0.2, 0.25) is 0 Å². The van der Waals surface area contributed by atoms with Crippen LogP contribution < -0.4 is 5.32 Å². The van der Waals surface area contributed by atoms with E-state index in [-0.39, 0.29) is 0 Å². The van der Waals surface area contributed by atoms with Gasteiger partial charge >= 0.3 is 0 Å². The van der Waals surface area contributed by atoms with Gasteiger partial charge in [-0.15, -0.1) is 0 Å². The van der Waals surface area contributed by atoms with E-state index in [4.69, 9.17) is 4.74 Å². The Morgan fingerprint density at radius 1 is 1.43 bits per heavy atom. The lowest BCUT2D eigenvalue weighted by Gasteiger charge is -2.16. The summed E-state index contributed by atoms with van der Waals surface area (Å²) in [6.45, 7) is 3.82. The second-order valence-corrected chi connectivity index (χ2v) is 3.27. The third-order valence-corrected chi connectivity index (χ3v) is 2.09. The van der Waals surface area contributed by atoms with Crippen LogP contribution >= 0.6 is 0 Å². The lowest BCUT2D eigenvalue weighted by molar-refractivity contribution is 0.167. The summed E-state index contributed by atoms with van der Waals surface area (Å²) in [7, 11) is 1.73. The van der Waals surface area contributed by atoms with Crippen LogP contribution in [0.1, 0.15) is 12.5 Å². The van der Waals surface area contributed by atoms with Gasteiger partial charge in [-0.3, -0.25) is 4.98 Å². The molecule has 0 radical (unpaired) electrons. The third-order valence-electron chi connectivity index (χ3n) is 2.09. The highest BCUT2D eigenvalue weighted by Crippen LogP contribution is 2.01. The van der Waals surface area contributed by atoms with E-state index < -0.39 is 0 Å². The molecule has 1 N–H and O–H groups in total. The number of hydrogen-bond acceptors (Lipinski definition) is 3. The van der Waals surface area contributed by atoms with Crippen LogP contribution in [0.25, 0.3) is 0 Å². The molecule has 0 saturated carbocycles. The van der Waals surface area contributed by atoms with Crippen molar-refractivity contribution in [1.82, 2.24) is 10.3 Å². The highest BCUT2D eigenvalue weighted by atomic mass is 16.5. The standard InChI is InChI=1S/C11H18N2O/c1-3-13-11(9-14-2)8-10-4-6-12-7-5-10/h4-7,11,13H,3,8-9H2,1-2H3. The van der Waals surface area contributed by atoms with Gasteiger partial charge in [0.25, 0.3) is 0 Å². The van der Waals surface area contributed by atoms with Crippen molar-refractivity contribution >= 4 is 0 Å². The van der Waals surface area contributed by atoms with Crippen LogP contribution in [-0.2, 0) is 11.2 Å². The van der Waals surface area contributed by atoms with Crippen LogP contribution in [0, 0.1) is 0 Å². The summed E-state index contributed by atoms with van der Waals surface area (Å²) in [6.07, 6.45) is 4.64. The highest BCUT2D eigenvalue weighted by molar-refractivity contribution is 5.11. The molecule has 0 bridgehead atoms. The van der Waals surface area contributed by atoms with Gasteiger partial charge < -0.3 is 10.1 Å². The van der Waals surface area contributed by atoms with E-state index in [1.165, 1.54) is 5.56 Å². The highest BCUT2D eigenvalue weighted by Gasteiger charge is 2.06. The van der Waals surface area contributed by atoms with Crippen molar-refractivity contribution in [2.75, 3.05) is 20.3 Å². The van der Waals surface area contributed by atoms with E-state index in [1.807, 2.05) is 24.5 Å². The van der Waals surface area contributed by atoms with Gasteiger partial charge in [-0.25, -0.2) is 0 Å².